The molecule has 8 heteroatoms. The minimum atomic E-state index is -3.00. The van der Waals surface area contributed by atoms with Gasteiger partial charge >= 0.3 is 11.9 Å². The summed E-state index contributed by atoms with van der Waals surface area (Å²) < 4.78 is 22.0. The van der Waals surface area contributed by atoms with Crippen molar-refractivity contribution in [3.63, 3.8) is 0 Å². The predicted octanol–water partition coefficient (Wildman–Crippen LogP) is 3.24. The average molecular weight is 415 g/mol. The summed E-state index contributed by atoms with van der Waals surface area (Å²) >= 11 is 3.06. The molecule has 0 atom stereocenters. The van der Waals surface area contributed by atoms with Crippen molar-refractivity contribution < 1.29 is 28.2 Å². The van der Waals surface area contributed by atoms with Crippen molar-refractivity contribution in [1.29, 1.82) is 0 Å². The summed E-state index contributed by atoms with van der Waals surface area (Å²) in [5.41, 5.74) is 0.245. The number of benzene rings is 2. The number of sulfone groups is 1. The Morgan fingerprint density at radius 3 is 1.88 bits per heavy atom. The van der Waals surface area contributed by atoms with Crippen LogP contribution in [0.2, 0.25) is 0 Å². The second-order valence-corrected chi connectivity index (χ2v) is 7.66. The van der Waals surface area contributed by atoms with Crippen LogP contribution in [0.15, 0.2) is 51.8 Å². The molecule has 2 aromatic rings. The second-order valence-electron chi connectivity index (χ2n) is 4.79. The van der Waals surface area contributed by atoms with Crippen molar-refractivity contribution in [1.82, 2.24) is 0 Å². The van der Waals surface area contributed by atoms with Gasteiger partial charge in [0, 0.05) is 10.7 Å². The fraction of sp³-hybridized carbons (Fsp3) is 0.125. The van der Waals surface area contributed by atoms with Crippen LogP contribution in [0.1, 0.15) is 26.3 Å². The number of carboxylic acids is 2. The Bertz CT molecular complexity index is 860. The zero-order valence-electron chi connectivity index (χ0n) is 12.9. The minimum Gasteiger partial charge on any atom is -0.478 e. The molecule has 2 aromatic carbocycles. The molecule has 0 fully saturated rings. The number of aromatic carboxylic acids is 2. The van der Waals surface area contributed by atoms with Gasteiger partial charge in [-0.2, -0.15) is 0 Å². The fourth-order valence-electron chi connectivity index (χ4n) is 1.84. The third-order valence-corrected chi connectivity index (χ3v) is 4.82. The van der Waals surface area contributed by atoms with Crippen LogP contribution in [0.3, 0.4) is 0 Å². The Morgan fingerprint density at radius 1 is 0.958 bits per heavy atom. The van der Waals surface area contributed by atoms with Crippen LogP contribution in [-0.2, 0) is 9.84 Å². The molecule has 0 saturated carbocycles. The molecule has 0 unspecified atom stereocenters. The Kier molecular flexibility index (Phi) is 6.68. The van der Waals surface area contributed by atoms with E-state index in [9.17, 15) is 18.0 Å². The molecular formula is C16H15BrO6S. The van der Waals surface area contributed by atoms with E-state index in [-0.39, 0.29) is 16.7 Å². The van der Waals surface area contributed by atoms with Gasteiger partial charge < -0.3 is 10.2 Å². The lowest BCUT2D eigenvalue weighted by molar-refractivity contribution is 0.0695. The monoisotopic (exact) mass is 414 g/mol. The Hall–Kier alpha value is -2.19. The van der Waals surface area contributed by atoms with E-state index in [4.69, 9.17) is 10.2 Å². The van der Waals surface area contributed by atoms with E-state index in [0.29, 0.717) is 9.37 Å². The highest BCUT2D eigenvalue weighted by Gasteiger charge is 2.17. The Morgan fingerprint density at radius 2 is 1.50 bits per heavy atom. The maximum Gasteiger partial charge on any atom is 0.337 e. The molecule has 2 N–H and O–H groups in total. The molecule has 24 heavy (non-hydrogen) atoms. The molecule has 0 amide bonds. The lowest BCUT2D eigenvalue weighted by Gasteiger charge is -2.06. The zero-order valence-corrected chi connectivity index (χ0v) is 15.3. The number of rotatable bonds is 3. The topological polar surface area (TPSA) is 109 Å². The van der Waals surface area contributed by atoms with E-state index in [1.807, 2.05) is 0 Å². The van der Waals surface area contributed by atoms with Crippen LogP contribution in [0.25, 0.3) is 0 Å². The maximum absolute atomic E-state index is 10.8. The third kappa shape index (κ3) is 5.17. The number of hydrogen-bond donors (Lipinski definition) is 2. The molecular weight excluding hydrogens is 400 g/mol. The molecule has 0 spiro atoms. The van der Waals surface area contributed by atoms with Gasteiger partial charge in [-0.1, -0.05) is 18.2 Å². The highest BCUT2D eigenvalue weighted by atomic mass is 79.9. The lowest BCUT2D eigenvalue weighted by atomic mass is 10.0. The zero-order chi connectivity index (χ0) is 18.5. The van der Waals surface area contributed by atoms with E-state index in [1.54, 1.807) is 30.3 Å². The first-order valence-electron chi connectivity index (χ1n) is 6.56. The lowest BCUT2D eigenvalue weighted by Crippen LogP contribution is -2.07. The molecule has 6 nitrogen and oxygen atoms in total. The first kappa shape index (κ1) is 19.9. The smallest absolute Gasteiger partial charge is 0.337 e. The Labute approximate surface area is 147 Å². The first-order valence-corrected chi connectivity index (χ1v) is 9.25. The van der Waals surface area contributed by atoms with E-state index >= 15 is 0 Å². The van der Waals surface area contributed by atoms with Gasteiger partial charge in [-0.05, 0) is 52.7 Å². The van der Waals surface area contributed by atoms with Crippen molar-refractivity contribution in [3.05, 3.63) is 63.6 Å². The van der Waals surface area contributed by atoms with Gasteiger partial charge in [0.2, 0.25) is 0 Å². The molecule has 0 aliphatic carbocycles. The minimum absolute atomic E-state index is 0.00519. The highest BCUT2D eigenvalue weighted by molar-refractivity contribution is 9.10. The summed E-state index contributed by atoms with van der Waals surface area (Å²) in [6.07, 6.45) is 1.20. The number of halogens is 1. The molecule has 0 heterocycles. The predicted molar refractivity (Wildman–Crippen MR) is 92.3 cm³/mol. The van der Waals surface area contributed by atoms with E-state index < -0.39 is 21.8 Å². The number of carboxylic acid groups (broad SMARTS) is 2. The largest absolute Gasteiger partial charge is 0.478 e. The third-order valence-electron chi connectivity index (χ3n) is 3.03. The van der Waals surface area contributed by atoms with Crippen LogP contribution < -0.4 is 0 Å². The SMILES string of the molecule is CS(=O)(=O)c1ccccc1.Cc1c(C(=O)O)ccc(Br)c1C(=O)O. The van der Waals surface area contributed by atoms with Gasteiger partial charge in [-0.25, -0.2) is 18.0 Å². The fourth-order valence-corrected chi connectivity index (χ4v) is 3.09. The molecule has 0 saturated heterocycles. The van der Waals surface area contributed by atoms with E-state index in [1.165, 1.54) is 25.3 Å². The Balaban J connectivity index is 0.000000254. The molecule has 0 aliphatic heterocycles. The van der Waals surface area contributed by atoms with Gasteiger partial charge in [-0.3, -0.25) is 0 Å². The standard InChI is InChI=1S/C9H7BrO4.C7H8O2S/c1-4-5(8(11)12)2-3-6(10)7(4)9(13)14;1-10(8,9)7-5-3-2-4-6-7/h2-3H,1H3,(H,11,12)(H,13,14);2-6H,1H3. The average Bonchev–Trinajstić information content (AvgIpc) is 2.47. The van der Waals surface area contributed by atoms with Gasteiger partial charge in [-0.15, -0.1) is 0 Å². The second kappa shape index (κ2) is 8.07. The maximum atomic E-state index is 10.8. The van der Waals surface area contributed by atoms with Crippen LogP contribution >= 0.6 is 15.9 Å². The highest BCUT2D eigenvalue weighted by Crippen LogP contribution is 2.23. The summed E-state index contributed by atoms with van der Waals surface area (Å²) in [7, 11) is -3.00. The quantitative estimate of drug-likeness (QED) is 0.797. The summed E-state index contributed by atoms with van der Waals surface area (Å²) in [6, 6.07) is 11.1. The summed E-state index contributed by atoms with van der Waals surface area (Å²) in [4.78, 5) is 21.9. The molecule has 128 valence electrons. The van der Waals surface area contributed by atoms with Gasteiger partial charge in [0.15, 0.2) is 9.84 Å². The summed E-state index contributed by atoms with van der Waals surface area (Å²) in [5, 5.41) is 17.6. The summed E-state index contributed by atoms with van der Waals surface area (Å²) in [5.74, 6) is -2.27. The molecule has 0 bridgehead atoms. The van der Waals surface area contributed by atoms with Crippen molar-refractivity contribution in [2.75, 3.05) is 6.26 Å². The van der Waals surface area contributed by atoms with Crippen LogP contribution in [0.4, 0.5) is 0 Å². The number of hydrogen-bond acceptors (Lipinski definition) is 4. The molecule has 0 radical (unpaired) electrons. The van der Waals surface area contributed by atoms with Gasteiger partial charge in [0.25, 0.3) is 0 Å². The molecule has 0 aliphatic rings. The van der Waals surface area contributed by atoms with Crippen LogP contribution in [0.5, 0.6) is 0 Å². The number of carbonyl (C=O) groups is 2. The van der Waals surface area contributed by atoms with Crippen molar-refractivity contribution >= 4 is 37.7 Å². The normalized spacial score (nSPS) is 10.5. The first-order chi connectivity index (χ1) is 11.1. The van der Waals surface area contributed by atoms with Crippen molar-refractivity contribution in [2.45, 2.75) is 11.8 Å². The van der Waals surface area contributed by atoms with Gasteiger partial charge in [0.1, 0.15) is 0 Å². The van der Waals surface area contributed by atoms with Crippen molar-refractivity contribution in [3.8, 4) is 0 Å². The molecule has 2 rings (SSSR count). The molecule has 0 aromatic heterocycles. The van der Waals surface area contributed by atoms with Crippen LogP contribution in [0, 0.1) is 6.92 Å². The van der Waals surface area contributed by atoms with E-state index in [0.717, 1.165) is 0 Å². The van der Waals surface area contributed by atoms with Crippen LogP contribution in [-0.4, -0.2) is 36.8 Å². The van der Waals surface area contributed by atoms with Gasteiger partial charge in [0.05, 0.1) is 16.0 Å². The van der Waals surface area contributed by atoms with E-state index in [2.05, 4.69) is 15.9 Å². The summed E-state index contributed by atoms with van der Waals surface area (Å²) in [6.45, 7) is 1.47. The van der Waals surface area contributed by atoms with Crippen molar-refractivity contribution in [2.24, 2.45) is 0 Å².